The van der Waals surface area contributed by atoms with Gasteiger partial charge in [-0.3, -0.25) is 0 Å². The Morgan fingerprint density at radius 1 is 1.14 bits per heavy atom. The molecule has 0 N–H and O–H groups in total. The maximum atomic E-state index is 12.7. The van der Waals surface area contributed by atoms with Gasteiger partial charge in [0.1, 0.15) is 18.3 Å². The number of alkyl halides is 1. The molecule has 1 aromatic carbocycles. The van der Waals surface area contributed by atoms with Crippen molar-refractivity contribution in [3.05, 3.63) is 48.2 Å². The third-order valence-corrected chi connectivity index (χ3v) is 2.77. The highest BCUT2D eigenvalue weighted by Crippen LogP contribution is 2.33. The maximum Gasteiger partial charge on any atom is 0.286 e. The molecule has 74 valence electrons. The Morgan fingerprint density at radius 2 is 1.71 bits per heavy atom. The highest BCUT2D eigenvalue weighted by molar-refractivity contribution is 9.09. The molecule has 0 aromatic heterocycles. The average Bonchev–Trinajstić information content (AvgIpc) is 2.68. The monoisotopic (exact) mass is 258 g/mol. The molecule has 1 aliphatic rings. The van der Waals surface area contributed by atoms with Gasteiger partial charge in [-0.2, -0.15) is 0 Å². The molecular formula is C10H8BrFO2. The predicted octanol–water partition coefficient (Wildman–Crippen LogP) is 2.89. The van der Waals surface area contributed by atoms with E-state index in [4.69, 9.17) is 9.47 Å². The zero-order chi connectivity index (χ0) is 10.0. The van der Waals surface area contributed by atoms with E-state index in [2.05, 4.69) is 15.9 Å². The quantitative estimate of drug-likeness (QED) is 0.760. The van der Waals surface area contributed by atoms with Crippen LogP contribution < -0.4 is 0 Å². The summed E-state index contributed by atoms with van der Waals surface area (Å²) in [5, 5.41) is 0.485. The van der Waals surface area contributed by atoms with Gasteiger partial charge < -0.3 is 9.47 Å². The van der Waals surface area contributed by atoms with E-state index in [-0.39, 0.29) is 5.82 Å². The summed E-state index contributed by atoms with van der Waals surface area (Å²) in [4.78, 5) is 0. The molecule has 0 aliphatic carbocycles. The van der Waals surface area contributed by atoms with E-state index < -0.39 is 5.79 Å². The van der Waals surface area contributed by atoms with Crippen LogP contribution in [0, 0.1) is 5.82 Å². The van der Waals surface area contributed by atoms with E-state index >= 15 is 0 Å². The maximum absolute atomic E-state index is 12.7. The number of ether oxygens (including phenoxy) is 2. The van der Waals surface area contributed by atoms with Crippen molar-refractivity contribution in [2.45, 2.75) is 5.79 Å². The molecule has 0 saturated heterocycles. The van der Waals surface area contributed by atoms with E-state index in [9.17, 15) is 4.39 Å². The Labute approximate surface area is 89.5 Å². The fraction of sp³-hybridized carbons (Fsp3) is 0.200. The van der Waals surface area contributed by atoms with Crippen molar-refractivity contribution in [3.8, 4) is 0 Å². The Hall–Kier alpha value is -1.03. The van der Waals surface area contributed by atoms with Crippen LogP contribution in [0.4, 0.5) is 4.39 Å². The lowest BCUT2D eigenvalue weighted by Gasteiger charge is -2.25. The van der Waals surface area contributed by atoms with Gasteiger partial charge in [0.2, 0.25) is 0 Å². The SMILES string of the molecule is Fc1ccc(C2(CBr)OC=CO2)cc1. The van der Waals surface area contributed by atoms with E-state index in [1.165, 1.54) is 24.7 Å². The van der Waals surface area contributed by atoms with Crippen LogP contribution in [0.2, 0.25) is 0 Å². The standard InChI is InChI=1S/C10H8BrFO2/c11-7-10(13-5-6-14-10)8-1-3-9(12)4-2-8/h1-6H,7H2. The minimum Gasteiger partial charge on any atom is -0.452 e. The fourth-order valence-corrected chi connectivity index (χ4v) is 1.87. The van der Waals surface area contributed by atoms with Gasteiger partial charge in [0, 0.05) is 5.56 Å². The first-order valence-corrected chi connectivity index (χ1v) is 5.22. The van der Waals surface area contributed by atoms with Gasteiger partial charge in [-0.15, -0.1) is 0 Å². The predicted molar refractivity (Wildman–Crippen MR) is 53.2 cm³/mol. The second-order valence-corrected chi connectivity index (χ2v) is 3.46. The molecule has 1 heterocycles. The molecule has 0 spiro atoms. The van der Waals surface area contributed by atoms with E-state index in [1.807, 2.05) is 0 Å². The van der Waals surface area contributed by atoms with Gasteiger partial charge in [-0.25, -0.2) is 4.39 Å². The largest absolute Gasteiger partial charge is 0.452 e. The second-order valence-electron chi connectivity index (χ2n) is 2.90. The molecule has 0 atom stereocenters. The van der Waals surface area contributed by atoms with Gasteiger partial charge in [-0.05, 0) is 24.3 Å². The number of hydrogen-bond donors (Lipinski definition) is 0. The number of halogens is 2. The molecule has 0 radical (unpaired) electrons. The summed E-state index contributed by atoms with van der Waals surface area (Å²) in [6, 6.07) is 6.04. The van der Waals surface area contributed by atoms with Gasteiger partial charge in [0.25, 0.3) is 5.79 Å². The first kappa shape index (κ1) is 9.52. The lowest BCUT2D eigenvalue weighted by molar-refractivity contribution is -0.127. The van der Waals surface area contributed by atoms with Gasteiger partial charge in [-0.1, -0.05) is 15.9 Å². The Kier molecular flexibility index (Phi) is 2.46. The summed E-state index contributed by atoms with van der Waals surface area (Å²) in [6.45, 7) is 0. The van der Waals surface area contributed by atoms with Crippen LogP contribution in [0.1, 0.15) is 5.56 Å². The molecule has 14 heavy (non-hydrogen) atoms. The molecule has 0 saturated carbocycles. The Balaban J connectivity index is 2.32. The molecule has 0 fully saturated rings. The van der Waals surface area contributed by atoms with Crippen molar-refractivity contribution < 1.29 is 13.9 Å². The van der Waals surface area contributed by atoms with Crippen LogP contribution in [0.25, 0.3) is 0 Å². The highest BCUT2D eigenvalue weighted by Gasteiger charge is 2.36. The third kappa shape index (κ3) is 1.50. The lowest BCUT2D eigenvalue weighted by atomic mass is 10.1. The van der Waals surface area contributed by atoms with Crippen molar-refractivity contribution in [1.82, 2.24) is 0 Å². The summed E-state index contributed by atoms with van der Waals surface area (Å²) < 4.78 is 23.4. The van der Waals surface area contributed by atoms with E-state index in [0.717, 1.165) is 5.56 Å². The van der Waals surface area contributed by atoms with Crippen molar-refractivity contribution in [2.24, 2.45) is 0 Å². The molecule has 1 aromatic rings. The number of benzene rings is 1. The molecule has 0 amide bonds. The molecular weight excluding hydrogens is 251 g/mol. The first-order valence-electron chi connectivity index (χ1n) is 4.09. The summed E-state index contributed by atoms with van der Waals surface area (Å²) >= 11 is 3.30. The zero-order valence-corrected chi connectivity index (χ0v) is 8.83. The minimum absolute atomic E-state index is 0.274. The Bertz CT molecular complexity index is 340. The van der Waals surface area contributed by atoms with Crippen LogP contribution in [0.5, 0.6) is 0 Å². The van der Waals surface area contributed by atoms with E-state index in [1.54, 1.807) is 12.1 Å². The van der Waals surface area contributed by atoms with E-state index in [0.29, 0.717) is 5.33 Å². The van der Waals surface area contributed by atoms with Gasteiger partial charge in [0.05, 0.1) is 5.33 Å². The van der Waals surface area contributed by atoms with Gasteiger partial charge in [0.15, 0.2) is 0 Å². The normalized spacial score (nSPS) is 17.6. The van der Waals surface area contributed by atoms with Crippen LogP contribution in [0.15, 0.2) is 36.8 Å². The summed E-state index contributed by atoms with van der Waals surface area (Å²) in [6.07, 6.45) is 2.95. The third-order valence-electron chi connectivity index (χ3n) is 2.03. The smallest absolute Gasteiger partial charge is 0.286 e. The van der Waals surface area contributed by atoms with Crippen molar-refractivity contribution >= 4 is 15.9 Å². The van der Waals surface area contributed by atoms with Crippen molar-refractivity contribution in [1.29, 1.82) is 0 Å². The summed E-state index contributed by atoms with van der Waals surface area (Å²) in [5.41, 5.74) is 0.778. The molecule has 0 unspecified atom stereocenters. The first-order chi connectivity index (χ1) is 6.77. The molecule has 1 aliphatic heterocycles. The molecule has 0 bridgehead atoms. The second kappa shape index (κ2) is 3.61. The fourth-order valence-electron chi connectivity index (χ4n) is 1.28. The van der Waals surface area contributed by atoms with Crippen molar-refractivity contribution in [3.63, 3.8) is 0 Å². The van der Waals surface area contributed by atoms with Crippen LogP contribution in [-0.2, 0) is 15.3 Å². The highest BCUT2D eigenvalue weighted by atomic mass is 79.9. The minimum atomic E-state index is -0.840. The molecule has 2 nitrogen and oxygen atoms in total. The zero-order valence-electron chi connectivity index (χ0n) is 7.24. The van der Waals surface area contributed by atoms with Gasteiger partial charge >= 0.3 is 0 Å². The van der Waals surface area contributed by atoms with Crippen LogP contribution in [-0.4, -0.2) is 5.33 Å². The number of hydrogen-bond acceptors (Lipinski definition) is 2. The Morgan fingerprint density at radius 3 is 2.21 bits per heavy atom. The summed E-state index contributed by atoms with van der Waals surface area (Å²) in [5.74, 6) is -1.11. The lowest BCUT2D eigenvalue weighted by Crippen LogP contribution is -2.28. The summed E-state index contributed by atoms with van der Waals surface area (Å²) in [7, 11) is 0. The van der Waals surface area contributed by atoms with Crippen LogP contribution >= 0.6 is 15.9 Å². The molecule has 2 rings (SSSR count). The molecule has 4 heteroatoms. The number of rotatable bonds is 2. The van der Waals surface area contributed by atoms with Crippen molar-refractivity contribution in [2.75, 3.05) is 5.33 Å². The van der Waals surface area contributed by atoms with Crippen LogP contribution in [0.3, 0.4) is 0 Å². The topological polar surface area (TPSA) is 18.5 Å². The average molecular weight is 259 g/mol.